The van der Waals surface area contributed by atoms with Gasteiger partial charge in [0.1, 0.15) is 11.1 Å². The van der Waals surface area contributed by atoms with Crippen LogP contribution in [0.3, 0.4) is 0 Å². The molecule has 0 spiro atoms. The van der Waals surface area contributed by atoms with Crippen LogP contribution in [0.2, 0.25) is 0 Å². The van der Waals surface area contributed by atoms with Gasteiger partial charge in [-0.15, -0.1) is 10.2 Å². The molecule has 3 aliphatic rings. The highest BCUT2D eigenvalue weighted by molar-refractivity contribution is 7.14. The molecule has 3 N–H and O–H groups in total. The molecular weight excluding hydrogens is 602 g/mol. The fourth-order valence-electron chi connectivity index (χ4n) is 7.68. The number of hydrogen-bond donors (Lipinski definition) is 3. The lowest BCUT2D eigenvalue weighted by atomic mass is 9.77. The van der Waals surface area contributed by atoms with Crippen LogP contribution in [0.5, 0.6) is 0 Å². The summed E-state index contributed by atoms with van der Waals surface area (Å²) in [5.41, 5.74) is 4.73. The van der Waals surface area contributed by atoms with E-state index in [0.29, 0.717) is 23.3 Å². The molecule has 0 aliphatic heterocycles. The molecule has 0 saturated heterocycles. The molecule has 12 nitrogen and oxygen atoms in total. The van der Waals surface area contributed by atoms with Crippen molar-refractivity contribution in [3.8, 4) is 28.0 Å². The van der Waals surface area contributed by atoms with Gasteiger partial charge in [0.2, 0.25) is 5.91 Å². The summed E-state index contributed by atoms with van der Waals surface area (Å²) in [4.78, 5) is 28.4. The van der Waals surface area contributed by atoms with E-state index >= 15 is 0 Å². The molecule has 2 bridgehead atoms. The van der Waals surface area contributed by atoms with Gasteiger partial charge >= 0.3 is 6.09 Å². The molecule has 7 rings (SSSR count). The Labute approximate surface area is 271 Å². The van der Waals surface area contributed by atoms with E-state index in [9.17, 15) is 14.9 Å². The van der Waals surface area contributed by atoms with Crippen molar-refractivity contribution in [1.29, 1.82) is 5.26 Å². The van der Waals surface area contributed by atoms with Crippen molar-refractivity contribution in [2.45, 2.75) is 82.3 Å². The summed E-state index contributed by atoms with van der Waals surface area (Å²) in [5.74, 6) is 1.36. The molecule has 3 fully saturated rings. The molecule has 0 aromatic carbocycles. The number of nitrogens with one attached hydrogen (secondary N) is 3. The third-order valence-corrected chi connectivity index (χ3v) is 11.0. The Kier molecular flexibility index (Phi) is 8.29. The van der Waals surface area contributed by atoms with Crippen LogP contribution in [0.25, 0.3) is 27.5 Å². The predicted molar refractivity (Wildman–Crippen MR) is 173 cm³/mol. The van der Waals surface area contributed by atoms with Crippen LogP contribution in [-0.2, 0) is 9.53 Å². The average Bonchev–Trinajstić information content (AvgIpc) is 3.77. The van der Waals surface area contributed by atoms with E-state index in [-0.39, 0.29) is 24.0 Å². The van der Waals surface area contributed by atoms with E-state index in [1.807, 2.05) is 24.4 Å². The van der Waals surface area contributed by atoms with Crippen molar-refractivity contribution in [3.05, 3.63) is 47.2 Å². The van der Waals surface area contributed by atoms with Crippen molar-refractivity contribution >= 4 is 34.5 Å². The van der Waals surface area contributed by atoms with Crippen LogP contribution in [0.15, 0.2) is 36.7 Å². The van der Waals surface area contributed by atoms with E-state index in [0.717, 1.165) is 89.5 Å². The van der Waals surface area contributed by atoms with E-state index in [1.54, 1.807) is 29.0 Å². The van der Waals surface area contributed by atoms with Crippen molar-refractivity contribution in [2.24, 2.45) is 11.8 Å². The standard InChI is InChI=1S/C33H37N9O3S/c1-18(43)37-30-20-3-4-21(30)13-22(12-20)31-40-41-32(46-31)26-17-35-28(29-10-9-25-11-19(15-34)16-36-42(25)29)14-27(26)38-23-5-7-24(8-6-23)39-33(44)45-2/h9-11,14,16-17,20-24,30H,3-8,12-13H2,1-2H3,(H,35,38)(H,37,43)(H,39,44)/t20-,21+,22?,23?,24?,30?. The number of pyridine rings is 1. The van der Waals surface area contributed by atoms with Crippen molar-refractivity contribution in [2.75, 3.05) is 12.4 Å². The van der Waals surface area contributed by atoms with E-state index in [2.05, 4.69) is 38.3 Å². The number of nitrogens with zero attached hydrogens (tertiary/aromatic N) is 6. The summed E-state index contributed by atoms with van der Waals surface area (Å²) >= 11 is 1.64. The van der Waals surface area contributed by atoms with Crippen LogP contribution in [0.4, 0.5) is 10.5 Å². The molecular formula is C33H37N9O3S. The third-order valence-electron chi connectivity index (χ3n) is 9.88. The lowest BCUT2D eigenvalue weighted by Gasteiger charge is -2.34. The first-order chi connectivity index (χ1) is 22.4. The number of ether oxygens (including phenoxy) is 1. The van der Waals surface area contributed by atoms with Crippen LogP contribution in [0.1, 0.15) is 74.8 Å². The maximum Gasteiger partial charge on any atom is 0.407 e. The Morgan fingerprint density at radius 3 is 2.48 bits per heavy atom. The minimum Gasteiger partial charge on any atom is -0.453 e. The minimum absolute atomic E-state index is 0.0542. The Morgan fingerprint density at radius 1 is 1.00 bits per heavy atom. The first-order valence-corrected chi connectivity index (χ1v) is 16.8. The largest absolute Gasteiger partial charge is 0.453 e. The summed E-state index contributed by atoms with van der Waals surface area (Å²) in [6.45, 7) is 1.61. The fourth-order valence-corrected chi connectivity index (χ4v) is 8.67. The van der Waals surface area contributed by atoms with Gasteiger partial charge in [-0.25, -0.2) is 9.31 Å². The number of alkyl carbamates (subject to hydrolysis) is 1. The zero-order valence-electron chi connectivity index (χ0n) is 25.9. The van der Waals surface area contributed by atoms with Crippen LogP contribution in [-0.4, -0.2) is 62.0 Å². The SMILES string of the molecule is COC(=O)NC1CCC(Nc2cc(-c3ccc4cc(C#N)cnn34)ncc2-c2nnc(C3C[C@H]4CC[C@@H](C3)C4NC(C)=O)s2)CC1. The topological polar surface area (TPSA) is 159 Å². The number of fused-ring (bicyclic) bond motifs is 3. The van der Waals surface area contributed by atoms with Gasteiger partial charge in [-0.2, -0.15) is 10.4 Å². The van der Waals surface area contributed by atoms with Crippen LogP contribution < -0.4 is 16.0 Å². The molecule has 4 aromatic rings. The van der Waals surface area contributed by atoms with E-state index in [4.69, 9.17) is 14.8 Å². The van der Waals surface area contributed by atoms with Crippen LogP contribution in [0, 0.1) is 23.2 Å². The highest BCUT2D eigenvalue weighted by Gasteiger charge is 2.44. The first kappa shape index (κ1) is 30.1. The highest BCUT2D eigenvalue weighted by Crippen LogP contribution is 2.49. The van der Waals surface area contributed by atoms with E-state index < -0.39 is 6.09 Å². The van der Waals surface area contributed by atoms with Gasteiger partial charge in [0.25, 0.3) is 0 Å². The van der Waals surface area contributed by atoms with Gasteiger partial charge in [0.05, 0.1) is 41.3 Å². The number of nitriles is 1. The summed E-state index contributed by atoms with van der Waals surface area (Å²) in [5, 5.41) is 35.0. The zero-order valence-corrected chi connectivity index (χ0v) is 26.7. The van der Waals surface area contributed by atoms with Crippen LogP contribution >= 0.6 is 11.3 Å². The van der Waals surface area contributed by atoms with Gasteiger partial charge in [-0.3, -0.25) is 9.78 Å². The number of amides is 2. The number of carbonyl (C=O) groups excluding carboxylic acids is 2. The van der Waals surface area contributed by atoms with Crippen molar-refractivity contribution in [3.63, 3.8) is 0 Å². The normalized spacial score (nSPS) is 25.5. The summed E-state index contributed by atoms with van der Waals surface area (Å²) in [7, 11) is 1.39. The number of hydrogen-bond acceptors (Lipinski definition) is 10. The molecule has 2 amide bonds. The number of carbonyl (C=O) groups is 2. The Bertz CT molecular complexity index is 1790. The molecule has 4 aromatic heterocycles. The van der Waals surface area contributed by atoms with Crippen molar-refractivity contribution in [1.82, 2.24) is 35.4 Å². The van der Waals surface area contributed by atoms with Gasteiger partial charge in [0.15, 0.2) is 5.01 Å². The molecule has 238 valence electrons. The maximum atomic E-state index is 11.8. The molecule has 46 heavy (non-hydrogen) atoms. The molecule has 3 aliphatic carbocycles. The summed E-state index contributed by atoms with van der Waals surface area (Å²) in [6.07, 6.45) is 10.8. The molecule has 2 unspecified atom stereocenters. The highest BCUT2D eigenvalue weighted by atomic mass is 32.1. The van der Waals surface area contributed by atoms with Crippen molar-refractivity contribution < 1.29 is 14.3 Å². The van der Waals surface area contributed by atoms with Gasteiger partial charge in [-0.1, -0.05) is 11.3 Å². The fraction of sp³-hybridized carbons (Fsp3) is 0.485. The molecule has 4 heterocycles. The van der Waals surface area contributed by atoms with Gasteiger partial charge in [0, 0.05) is 42.9 Å². The van der Waals surface area contributed by atoms with Gasteiger partial charge in [-0.05, 0) is 87.5 Å². The first-order valence-electron chi connectivity index (χ1n) is 16.0. The molecule has 3 saturated carbocycles. The minimum atomic E-state index is -0.393. The lowest BCUT2D eigenvalue weighted by molar-refractivity contribution is -0.120. The second-order valence-corrected chi connectivity index (χ2v) is 13.8. The number of anilines is 1. The number of rotatable bonds is 7. The maximum absolute atomic E-state index is 11.8. The van der Waals surface area contributed by atoms with E-state index in [1.165, 1.54) is 7.11 Å². The number of aromatic nitrogens is 5. The Hall–Kier alpha value is -4.57. The molecule has 13 heteroatoms. The predicted octanol–water partition coefficient (Wildman–Crippen LogP) is 5.27. The molecule has 4 atom stereocenters. The lowest BCUT2D eigenvalue weighted by Crippen LogP contribution is -2.43. The summed E-state index contributed by atoms with van der Waals surface area (Å²) in [6, 6.07) is 10.5. The zero-order chi connectivity index (χ0) is 31.8. The monoisotopic (exact) mass is 639 g/mol. The Balaban J connectivity index is 1.16. The third kappa shape index (κ3) is 6.01. The smallest absolute Gasteiger partial charge is 0.407 e. The number of methoxy groups -OCH3 is 1. The molecule has 0 radical (unpaired) electrons. The second-order valence-electron chi connectivity index (χ2n) is 12.8. The quantitative estimate of drug-likeness (QED) is 0.245. The summed E-state index contributed by atoms with van der Waals surface area (Å²) < 4.78 is 6.59. The van der Waals surface area contributed by atoms with Gasteiger partial charge < -0.3 is 20.7 Å². The second kappa shape index (κ2) is 12.7. The average molecular weight is 640 g/mol. The Morgan fingerprint density at radius 2 is 1.76 bits per heavy atom.